The fraction of sp³-hybridized carbons (Fsp3) is 0.552. The van der Waals surface area contributed by atoms with Crippen LogP contribution in [0, 0.1) is 0 Å². The van der Waals surface area contributed by atoms with E-state index < -0.39 is 0 Å². The Kier molecular flexibility index (Phi) is 12.0. The van der Waals surface area contributed by atoms with Crippen molar-refractivity contribution in [2.75, 3.05) is 38.0 Å². The Morgan fingerprint density at radius 1 is 0.853 bits per heavy atom. The van der Waals surface area contributed by atoms with Crippen LogP contribution in [0.25, 0.3) is 11.1 Å². The summed E-state index contributed by atoms with van der Waals surface area (Å²) in [5.74, 6) is 0. The molecule has 0 bridgehead atoms. The largest absolute Gasteiger partial charge is 0.335 e. The highest BCUT2D eigenvalue weighted by molar-refractivity contribution is 5.94. The second-order valence-corrected chi connectivity index (χ2v) is 9.50. The van der Waals surface area contributed by atoms with E-state index in [0.717, 1.165) is 62.4 Å². The number of likely N-dealkylation sites (tertiary alicyclic amines) is 1. The van der Waals surface area contributed by atoms with Gasteiger partial charge in [0.1, 0.15) is 0 Å². The van der Waals surface area contributed by atoms with Gasteiger partial charge in [-0.05, 0) is 56.9 Å². The molecule has 0 spiro atoms. The summed E-state index contributed by atoms with van der Waals surface area (Å²) in [6.45, 7) is 7.79. The molecule has 0 unspecified atom stereocenters. The lowest BCUT2D eigenvalue weighted by Crippen LogP contribution is -2.46. The summed E-state index contributed by atoms with van der Waals surface area (Å²) in [6.07, 6.45) is 11.4. The second-order valence-electron chi connectivity index (χ2n) is 9.50. The number of amides is 2. The number of carbonyl (C=O) groups excluding carboxylic acids is 1. The quantitative estimate of drug-likeness (QED) is 0.288. The Balaban J connectivity index is 1.28. The molecule has 2 aromatic rings. The molecule has 3 N–H and O–H groups in total. The SMILES string of the molecule is CCCCCCCCNCCCN1CCC(NC(=O)Nc2ccccc2-c2ccccc2)CC1. The minimum atomic E-state index is -0.110. The Bertz CT molecular complexity index is 818. The molecule has 5 heteroatoms. The van der Waals surface area contributed by atoms with Crippen LogP contribution < -0.4 is 16.0 Å². The minimum absolute atomic E-state index is 0.110. The van der Waals surface area contributed by atoms with Crippen molar-refractivity contribution in [1.29, 1.82) is 0 Å². The van der Waals surface area contributed by atoms with Gasteiger partial charge in [-0.25, -0.2) is 4.79 Å². The summed E-state index contributed by atoms with van der Waals surface area (Å²) in [6, 6.07) is 18.3. The van der Waals surface area contributed by atoms with Crippen LogP contribution in [0.4, 0.5) is 10.5 Å². The van der Waals surface area contributed by atoms with Gasteiger partial charge in [0.05, 0.1) is 5.69 Å². The summed E-state index contributed by atoms with van der Waals surface area (Å²) >= 11 is 0. The fourth-order valence-corrected chi connectivity index (χ4v) is 4.69. The maximum Gasteiger partial charge on any atom is 0.319 e. The van der Waals surface area contributed by atoms with Crippen molar-refractivity contribution >= 4 is 11.7 Å². The Labute approximate surface area is 206 Å². The molecule has 2 amide bonds. The van der Waals surface area contributed by atoms with Crippen molar-refractivity contribution in [3.05, 3.63) is 54.6 Å². The average Bonchev–Trinajstić information content (AvgIpc) is 2.87. The Hall–Kier alpha value is -2.37. The van der Waals surface area contributed by atoms with Gasteiger partial charge in [0.2, 0.25) is 0 Å². The summed E-state index contributed by atoms with van der Waals surface area (Å²) in [7, 11) is 0. The first-order chi connectivity index (χ1) is 16.8. The van der Waals surface area contributed by atoms with Crippen LogP contribution in [0.3, 0.4) is 0 Å². The third-order valence-electron chi connectivity index (χ3n) is 6.72. The molecule has 2 aromatic carbocycles. The summed E-state index contributed by atoms with van der Waals surface area (Å²) < 4.78 is 0. The maximum atomic E-state index is 12.7. The molecule has 0 radical (unpaired) electrons. The molecule has 0 aliphatic carbocycles. The van der Waals surface area contributed by atoms with Gasteiger partial charge in [-0.2, -0.15) is 0 Å². The van der Waals surface area contributed by atoms with Gasteiger partial charge < -0.3 is 20.9 Å². The van der Waals surface area contributed by atoms with Crippen LogP contribution >= 0.6 is 0 Å². The van der Waals surface area contributed by atoms with Gasteiger partial charge in [-0.1, -0.05) is 87.6 Å². The third kappa shape index (κ3) is 9.47. The van der Waals surface area contributed by atoms with E-state index in [1.165, 1.54) is 44.9 Å². The van der Waals surface area contributed by atoms with E-state index in [1.807, 2.05) is 42.5 Å². The van der Waals surface area contributed by atoms with Crippen molar-refractivity contribution in [3.63, 3.8) is 0 Å². The summed E-state index contributed by atoms with van der Waals surface area (Å²) in [4.78, 5) is 15.2. The van der Waals surface area contributed by atoms with Gasteiger partial charge in [-0.3, -0.25) is 0 Å². The average molecular weight is 465 g/mol. The number of carbonyl (C=O) groups is 1. The first-order valence-corrected chi connectivity index (χ1v) is 13.4. The number of hydrogen-bond acceptors (Lipinski definition) is 3. The van der Waals surface area contributed by atoms with E-state index >= 15 is 0 Å². The first-order valence-electron chi connectivity index (χ1n) is 13.4. The van der Waals surface area contributed by atoms with E-state index in [2.05, 4.69) is 39.9 Å². The van der Waals surface area contributed by atoms with Crippen LogP contribution in [0.1, 0.15) is 64.7 Å². The molecule has 1 heterocycles. The standard InChI is InChI=1S/C29H44N4O/c1-2-3-4-5-6-12-20-30-21-13-22-33-23-18-26(19-24-33)31-29(34)32-28-17-11-10-16-27(28)25-14-8-7-9-15-25/h7-11,14-17,26,30H,2-6,12-13,18-24H2,1H3,(H2,31,32,34). The molecule has 3 rings (SSSR count). The van der Waals surface area contributed by atoms with Gasteiger partial charge in [0.25, 0.3) is 0 Å². The molecule has 1 fully saturated rings. The second kappa shape index (κ2) is 15.5. The number of unbranched alkanes of at least 4 members (excludes halogenated alkanes) is 5. The van der Waals surface area contributed by atoms with Crippen molar-refractivity contribution in [2.24, 2.45) is 0 Å². The highest BCUT2D eigenvalue weighted by Crippen LogP contribution is 2.27. The molecule has 5 nitrogen and oxygen atoms in total. The van der Waals surface area contributed by atoms with E-state index in [0.29, 0.717) is 0 Å². The number of nitrogens with one attached hydrogen (secondary N) is 3. The smallest absolute Gasteiger partial charge is 0.319 e. The lowest BCUT2D eigenvalue weighted by atomic mass is 10.0. The predicted molar refractivity (Wildman–Crippen MR) is 144 cm³/mol. The number of hydrogen-bond donors (Lipinski definition) is 3. The van der Waals surface area contributed by atoms with Crippen molar-refractivity contribution in [2.45, 2.75) is 70.8 Å². The Morgan fingerprint density at radius 2 is 1.53 bits per heavy atom. The van der Waals surface area contributed by atoms with Crippen molar-refractivity contribution < 1.29 is 4.79 Å². The Morgan fingerprint density at radius 3 is 2.32 bits per heavy atom. The highest BCUT2D eigenvalue weighted by atomic mass is 16.2. The molecule has 34 heavy (non-hydrogen) atoms. The number of urea groups is 1. The van der Waals surface area contributed by atoms with Crippen molar-refractivity contribution in [3.8, 4) is 11.1 Å². The molecule has 1 aliphatic heterocycles. The minimum Gasteiger partial charge on any atom is -0.335 e. The zero-order valence-corrected chi connectivity index (χ0v) is 21.0. The number of nitrogens with zero attached hydrogens (tertiary/aromatic N) is 1. The number of piperidine rings is 1. The van der Waals surface area contributed by atoms with E-state index in [9.17, 15) is 4.79 Å². The van der Waals surface area contributed by atoms with Crippen LogP contribution in [0.15, 0.2) is 54.6 Å². The first kappa shape index (κ1) is 26.2. The van der Waals surface area contributed by atoms with E-state index in [4.69, 9.17) is 0 Å². The van der Waals surface area contributed by atoms with E-state index in [-0.39, 0.29) is 12.1 Å². The number of benzene rings is 2. The molecule has 1 saturated heterocycles. The highest BCUT2D eigenvalue weighted by Gasteiger charge is 2.20. The van der Waals surface area contributed by atoms with E-state index in [1.54, 1.807) is 0 Å². The topological polar surface area (TPSA) is 56.4 Å². The van der Waals surface area contributed by atoms with Crippen LogP contribution in [0.2, 0.25) is 0 Å². The number of anilines is 1. The predicted octanol–water partition coefficient (Wildman–Crippen LogP) is 6.28. The van der Waals surface area contributed by atoms with Crippen LogP contribution in [-0.2, 0) is 0 Å². The summed E-state index contributed by atoms with van der Waals surface area (Å²) in [5, 5.41) is 9.85. The molecular weight excluding hydrogens is 420 g/mol. The van der Waals surface area contributed by atoms with Gasteiger partial charge in [0.15, 0.2) is 0 Å². The van der Waals surface area contributed by atoms with Crippen LogP contribution in [0.5, 0.6) is 0 Å². The lowest BCUT2D eigenvalue weighted by Gasteiger charge is -2.32. The molecule has 0 aromatic heterocycles. The fourth-order valence-electron chi connectivity index (χ4n) is 4.69. The van der Waals surface area contributed by atoms with Gasteiger partial charge in [-0.15, -0.1) is 0 Å². The molecule has 0 saturated carbocycles. The third-order valence-corrected chi connectivity index (χ3v) is 6.72. The lowest BCUT2D eigenvalue weighted by molar-refractivity contribution is 0.194. The zero-order chi connectivity index (χ0) is 23.8. The normalized spacial score (nSPS) is 14.7. The van der Waals surface area contributed by atoms with Crippen LogP contribution in [-0.4, -0.2) is 49.7 Å². The maximum absolute atomic E-state index is 12.7. The summed E-state index contributed by atoms with van der Waals surface area (Å²) in [5.41, 5.74) is 2.99. The van der Waals surface area contributed by atoms with Gasteiger partial charge in [0, 0.05) is 24.7 Å². The monoisotopic (exact) mass is 464 g/mol. The number of para-hydroxylation sites is 1. The zero-order valence-electron chi connectivity index (χ0n) is 21.0. The van der Waals surface area contributed by atoms with Gasteiger partial charge >= 0.3 is 6.03 Å². The molecule has 186 valence electrons. The van der Waals surface area contributed by atoms with Crippen molar-refractivity contribution in [1.82, 2.24) is 15.5 Å². The molecule has 1 aliphatic rings. The number of rotatable bonds is 14. The molecule has 0 atom stereocenters. The molecular formula is C29H44N4O.